The molecule has 20 heavy (non-hydrogen) atoms. The number of rotatable bonds is 2. The summed E-state index contributed by atoms with van der Waals surface area (Å²) >= 11 is 0. The van der Waals surface area contributed by atoms with Crippen molar-refractivity contribution in [1.82, 2.24) is 9.97 Å². The van der Waals surface area contributed by atoms with Gasteiger partial charge in [-0.3, -0.25) is 0 Å². The molecule has 0 unspecified atom stereocenters. The number of alkyl halides is 3. The van der Waals surface area contributed by atoms with E-state index in [2.05, 4.69) is 9.97 Å². The molecular formula is C13H11F4N3. The Balaban J connectivity index is 2.49. The standard InChI is InChI=1S/C13H11F4N3/c1-2-12-19-10(6-11(18)20-12)7-3-4-8(9(14)5-7)13(15,16)17/h3-6H,2H2,1H3,(H2,18,19,20). The first-order chi connectivity index (χ1) is 9.31. The van der Waals surface area contributed by atoms with Crippen LogP contribution in [0.3, 0.4) is 0 Å². The molecule has 1 aromatic carbocycles. The summed E-state index contributed by atoms with van der Waals surface area (Å²) in [6.07, 6.45) is -4.21. The maximum Gasteiger partial charge on any atom is 0.419 e. The van der Waals surface area contributed by atoms with Gasteiger partial charge in [0.25, 0.3) is 0 Å². The van der Waals surface area contributed by atoms with Crippen molar-refractivity contribution in [2.75, 3.05) is 5.73 Å². The van der Waals surface area contributed by atoms with Gasteiger partial charge in [-0.15, -0.1) is 0 Å². The Hall–Kier alpha value is -2.18. The van der Waals surface area contributed by atoms with Crippen LogP contribution in [-0.4, -0.2) is 9.97 Å². The first-order valence-electron chi connectivity index (χ1n) is 5.82. The third-order valence-electron chi connectivity index (χ3n) is 2.68. The fourth-order valence-electron chi connectivity index (χ4n) is 1.73. The minimum atomic E-state index is -4.72. The SMILES string of the molecule is CCc1nc(N)cc(-c2ccc(C(F)(F)F)c(F)c2)n1. The fourth-order valence-corrected chi connectivity index (χ4v) is 1.73. The zero-order valence-electron chi connectivity index (χ0n) is 10.5. The number of aromatic nitrogens is 2. The predicted molar refractivity (Wildman–Crippen MR) is 66.2 cm³/mol. The number of nitrogen functional groups attached to an aromatic ring is 1. The zero-order chi connectivity index (χ0) is 14.9. The molecule has 2 N–H and O–H groups in total. The summed E-state index contributed by atoms with van der Waals surface area (Å²) in [5.74, 6) is -0.710. The van der Waals surface area contributed by atoms with Crippen LogP contribution in [0.4, 0.5) is 23.4 Å². The van der Waals surface area contributed by atoms with Crippen molar-refractivity contribution >= 4 is 5.82 Å². The monoisotopic (exact) mass is 285 g/mol. The van der Waals surface area contributed by atoms with Gasteiger partial charge in [0.1, 0.15) is 17.5 Å². The van der Waals surface area contributed by atoms with Crippen molar-refractivity contribution in [3.63, 3.8) is 0 Å². The lowest BCUT2D eigenvalue weighted by Gasteiger charge is -2.10. The third-order valence-corrected chi connectivity index (χ3v) is 2.68. The lowest BCUT2D eigenvalue weighted by molar-refractivity contribution is -0.139. The molecule has 106 valence electrons. The third kappa shape index (κ3) is 2.87. The number of anilines is 1. The number of hydrogen-bond acceptors (Lipinski definition) is 3. The van der Waals surface area contributed by atoms with Gasteiger partial charge >= 0.3 is 6.18 Å². The van der Waals surface area contributed by atoms with Crippen molar-refractivity contribution in [1.29, 1.82) is 0 Å². The lowest BCUT2D eigenvalue weighted by Crippen LogP contribution is -2.08. The van der Waals surface area contributed by atoms with E-state index in [4.69, 9.17) is 5.73 Å². The van der Waals surface area contributed by atoms with Crippen LogP contribution in [0.15, 0.2) is 24.3 Å². The second-order valence-electron chi connectivity index (χ2n) is 4.14. The van der Waals surface area contributed by atoms with Gasteiger partial charge in [0.2, 0.25) is 0 Å². The van der Waals surface area contributed by atoms with E-state index in [1.54, 1.807) is 0 Å². The summed E-state index contributed by atoms with van der Waals surface area (Å²) in [5.41, 5.74) is 4.79. The van der Waals surface area contributed by atoms with Crippen LogP contribution in [0, 0.1) is 5.82 Å². The Kier molecular flexibility index (Phi) is 3.61. The highest BCUT2D eigenvalue weighted by molar-refractivity contribution is 5.62. The summed E-state index contributed by atoms with van der Waals surface area (Å²) in [4.78, 5) is 8.07. The van der Waals surface area contributed by atoms with Crippen LogP contribution in [0.5, 0.6) is 0 Å². The van der Waals surface area contributed by atoms with Crippen LogP contribution >= 0.6 is 0 Å². The van der Waals surface area contributed by atoms with Crippen molar-refractivity contribution in [2.45, 2.75) is 19.5 Å². The molecule has 0 saturated heterocycles. The van der Waals surface area contributed by atoms with Gasteiger partial charge in [-0.25, -0.2) is 14.4 Å². The van der Waals surface area contributed by atoms with Crippen LogP contribution < -0.4 is 5.73 Å². The van der Waals surface area contributed by atoms with Crippen molar-refractivity contribution in [2.24, 2.45) is 0 Å². The number of nitrogens with zero attached hydrogens (tertiary/aromatic N) is 2. The first kappa shape index (κ1) is 14.2. The maximum absolute atomic E-state index is 13.5. The highest BCUT2D eigenvalue weighted by Gasteiger charge is 2.34. The van der Waals surface area contributed by atoms with Gasteiger partial charge in [-0.05, 0) is 12.1 Å². The molecule has 0 amide bonds. The summed E-state index contributed by atoms with van der Waals surface area (Å²) < 4.78 is 51.0. The Morgan fingerprint density at radius 3 is 2.40 bits per heavy atom. The van der Waals surface area contributed by atoms with Gasteiger partial charge in [-0.1, -0.05) is 13.0 Å². The molecule has 0 radical (unpaired) electrons. The number of nitrogens with two attached hydrogens (primary N) is 1. The van der Waals surface area contributed by atoms with Crippen LogP contribution in [0.2, 0.25) is 0 Å². The molecular weight excluding hydrogens is 274 g/mol. The molecule has 0 bridgehead atoms. The van der Waals surface area contributed by atoms with Crippen molar-refractivity contribution < 1.29 is 17.6 Å². The van der Waals surface area contributed by atoms with Gasteiger partial charge in [0, 0.05) is 18.1 Å². The molecule has 3 nitrogen and oxygen atoms in total. The van der Waals surface area contributed by atoms with E-state index in [0.717, 1.165) is 12.1 Å². The van der Waals surface area contributed by atoms with Gasteiger partial charge < -0.3 is 5.73 Å². The molecule has 7 heteroatoms. The van der Waals surface area contributed by atoms with Crippen LogP contribution in [0.25, 0.3) is 11.3 Å². The minimum absolute atomic E-state index is 0.187. The number of halogens is 4. The van der Waals surface area contributed by atoms with Crippen molar-refractivity contribution in [3.05, 3.63) is 41.5 Å². The van der Waals surface area contributed by atoms with Gasteiger partial charge in [-0.2, -0.15) is 13.2 Å². The molecule has 1 aromatic heterocycles. The molecule has 1 heterocycles. The van der Waals surface area contributed by atoms with Gasteiger partial charge in [0.05, 0.1) is 11.3 Å². The second-order valence-corrected chi connectivity index (χ2v) is 4.14. The van der Waals surface area contributed by atoms with Gasteiger partial charge in [0.15, 0.2) is 0 Å². The Labute approximate surface area is 112 Å². The van der Waals surface area contributed by atoms with E-state index in [1.807, 2.05) is 6.92 Å². The molecule has 0 aliphatic carbocycles. The maximum atomic E-state index is 13.5. The van der Waals surface area contributed by atoms with E-state index < -0.39 is 17.6 Å². The van der Waals surface area contributed by atoms with E-state index in [1.165, 1.54) is 6.07 Å². The van der Waals surface area contributed by atoms with E-state index in [9.17, 15) is 17.6 Å². The van der Waals surface area contributed by atoms with E-state index in [-0.39, 0.29) is 11.4 Å². The molecule has 0 saturated carbocycles. The van der Waals surface area contributed by atoms with E-state index in [0.29, 0.717) is 24.0 Å². The summed E-state index contributed by atoms with van der Waals surface area (Å²) in [6.45, 7) is 1.81. The molecule has 0 atom stereocenters. The average molecular weight is 285 g/mol. The zero-order valence-corrected chi connectivity index (χ0v) is 10.5. The normalized spacial score (nSPS) is 11.7. The smallest absolute Gasteiger partial charge is 0.384 e. The Bertz CT molecular complexity index is 638. The summed E-state index contributed by atoms with van der Waals surface area (Å²) in [6, 6.07) is 4.03. The lowest BCUT2D eigenvalue weighted by atomic mass is 10.1. The number of aryl methyl sites for hydroxylation is 1. The summed E-state index contributed by atoms with van der Waals surface area (Å²) in [5, 5.41) is 0. The molecule has 2 aromatic rings. The van der Waals surface area contributed by atoms with Crippen LogP contribution in [0.1, 0.15) is 18.3 Å². The quantitative estimate of drug-likeness (QED) is 0.860. The fraction of sp³-hybridized carbons (Fsp3) is 0.231. The Morgan fingerprint density at radius 1 is 1.15 bits per heavy atom. The highest BCUT2D eigenvalue weighted by atomic mass is 19.4. The molecule has 0 fully saturated rings. The molecule has 0 spiro atoms. The number of benzene rings is 1. The second kappa shape index (κ2) is 5.07. The predicted octanol–water partition coefficient (Wildman–Crippen LogP) is 3.45. The van der Waals surface area contributed by atoms with E-state index >= 15 is 0 Å². The number of hydrogen-bond donors (Lipinski definition) is 1. The molecule has 0 aliphatic rings. The summed E-state index contributed by atoms with van der Waals surface area (Å²) in [7, 11) is 0. The van der Waals surface area contributed by atoms with Crippen LogP contribution in [-0.2, 0) is 12.6 Å². The topological polar surface area (TPSA) is 51.8 Å². The molecule has 2 rings (SSSR count). The highest BCUT2D eigenvalue weighted by Crippen LogP contribution is 2.33. The average Bonchev–Trinajstić information content (AvgIpc) is 2.36. The first-order valence-corrected chi connectivity index (χ1v) is 5.82. The Morgan fingerprint density at radius 2 is 1.85 bits per heavy atom. The van der Waals surface area contributed by atoms with Crippen molar-refractivity contribution in [3.8, 4) is 11.3 Å². The largest absolute Gasteiger partial charge is 0.419 e. The minimum Gasteiger partial charge on any atom is -0.384 e. The molecule has 0 aliphatic heterocycles.